The Bertz CT molecular complexity index is 574. The Morgan fingerprint density at radius 3 is 3.13 bits per heavy atom. The first-order valence-electron chi connectivity index (χ1n) is 5.10. The average molecular weight is 201 g/mol. The summed E-state index contributed by atoms with van der Waals surface area (Å²) in [6.45, 7) is 1.69. The third-order valence-electron chi connectivity index (χ3n) is 2.73. The van der Waals surface area contributed by atoms with Crippen LogP contribution >= 0.6 is 0 Å². The van der Waals surface area contributed by atoms with Gasteiger partial charge >= 0.3 is 5.69 Å². The Kier molecular flexibility index (Phi) is 1.74. The van der Waals surface area contributed by atoms with Crippen molar-refractivity contribution in [2.24, 2.45) is 0 Å². The summed E-state index contributed by atoms with van der Waals surface area (Å²) in [6.07, 6.45) is 0.979. The molecule has 2 heterocycles. The smallest absolute Gasteiger partial charge is 0.349 e. The first-order chi connectivity index (χ1) is 7.36. The van der Waals surface area contributed by atoms with Crippen LogP contribution in [0.25, 0.3) is 10.9 Å². The fraction of sp³-hybridized carbons (Fsp3) is 0.273. The second kappa shape index (κ2) is 3.08. The van der Waals surface area contributed by atoms with Crippen molar-refractivity contribution < 1.29 is 0 Å². The Morgan fingerprint density at radius 1 is 1.33 bits per heavy atom. The second-order valence-electron chi connectivity index (χ2n) is 3.69. The molecule has 0 saturated carbocycles. The molecular formula is C11H11N3O. The van der Waals surface area contributed by atoms with Crippen LogP contribution in [0.2, 0.25) is 0 Å². The van der Waals surface area contributed by atoms with Crippen LogP contribution in [0.1, 0.15) is 6.42 Å². The van der Waals surface area contributed by atoms with Gasteiger partial charge in [0.15, 0.2) is 0 Å². The van der Waals surface area contributed by atoms with E-state index in [9.17, 15) is 4.79 Å². The van der Waals surface area contributed by atoms with Gasteiger partial charge in [-0.1, -0.05) is 12.1 Å². The van der Waals surface area contributed by atoms with Crippen LogP contribution in [0.4, 0.5) is 5.82 Å². The maximum Gasteiger partial charge on any atom is 0.349 e. The van der Waals surface area contributed by atoms with Crippen LogP contribution in [0.15, 0.2) is 29.1 Å². The number of aromatic nitrogens is 2. The molecule has 1 aliphatic heterocycles. The van der Waals surface area contributed by atoms with Gasteiger partial charge in [0.1, 0.15) is 5.82 Å². The number of anilines is 1. The number of fused-ring (bicyclic) bond motifs is 3. The van der Waals surface area contributed by atoms with Gasteiger partial charge in [0.2, 0.25) is 0 Å². The Morgan fingerprint density at radius 2 is 2.20 bits per heavy atom. The maximum atomic E-state index is 11.7. The lowest BCUT2D eigenvalue weighted by atomic mass is 10.2. The van der Waals surface area contributed by atoms with E-state index < -0.39 is 0 Å². The quantitative estimate of drug-likeness (QED) is 0.697. The summed E-state index contributed by atoms with van der Waals surface area (Å²) in [5, 5.41) is 4.29. The van der Waals surface area contributed by atoms with E-state index in [1.165, 1.54) is 0 Å². The lowest BCUT2D eigenvalue weighted by molar-refractivity contribution is 0.600. The third-order valence-corrected chi connectivity index (χ3v) is 2.73. The molecule has 76 valence electrons. The molecular weight excluding hydrogens is 190 g/mol. The number of hydrogen-bond donors (Lipinski definition) is 1. The van der Waals surface area contributed by atoms with E-state index in [0.717, 1.165) is 36.2 Å². The molecule has 0 spiro atoms. The number of nitrogens with one attached hydrogen (secondary N) is 1. The molecule has 0 aliphatic carbocycles. The van der Waals surface area contributed by atoms with Crippen molar-refractivity contribution >= 4 is 16.7 Å². The number of benzene rings is 1. The van der Waals surface area contributed by atoms with Crippen LogP contribution < -0.4 is 11.0 Å². The standard InChI is InChI=1S/C11H11N3O/c15-11-13-9-5-2-1-4-8(9)10-12-6-3-7-14(10)11/h1-2,4-5,12H,3,6-7H2. The van der Waals surface area contributed by atoms with E-state index in [2.05, 4.69) is 10.3 Å². The minimum Gasteiger partial charge on any atom is -0.371 e. The lowest BCUT2D eigenvalue weighted by Crippen LogP contribution is -2.30. The highest BCUT2D eigenvalue weighted by atomic mass is 16.1. The molecule has 15 heavy (non-hydrogen) atoms. The SMILES string of the molecule is O=c1nc2ccccc2c2n1CCCN2. The molecule has 1 aromatic carbocycles. The molecule has 0 bridgehead atoms. The van der Waals surface area contributed by atoms with Gasteiger partial charge in [0.25, 0.3) is 0 Å². The zero-order valence-electron chi connectivity index (χ0n) is 8.23. The molecule has 1 aromatic heterocycles. The van der Waals surface area contributed by atoms with Gasteiger partial charge in [-0.15, -0.1) is 0 Å². The zero-order chi connectivity index (χ0) is 10.3. The molecule has 0 fully saturated rings. The molecule has 0 unspecified atom stereocenters. The highest BCUT2D eigenvalue weighted by Gasteiger charge is 2.13. The van der Waals surface area contributed by atoms with Gasteiger partial charge in [0, 0.05) is 18.5 Å². The number of para-hydroxylation sites is 1. The van der Waals surface area contributed by atoms with Crippen LogP contribution in [0.3, 0.4) is 0 Å². The second-order valence-corrected chi connectivity index (χ2v) is 3.69. The Hall–Kier alpha value is -1.84. The third kappa shape index (κ3) is 1.21. The highest BCUT2D eigenvalue weighted by molar-refractivity contribution is 5.89. The summed E-state index contributed by atoms with van der Waals surface area (Å²) in [7, 11) is 0. The number of rotatable bonds is 0. The minimum absolute atomic E-state index is 0.157. The fourth-order valence-corrected chi connectivity index (χ4v) is 2.02. The average Bonchev–Trinajstić information content (AvgIpc) is 2.30. The van der Waals surface area contributed by atoms with Crippen LogP contribution in [-0.2, 0) is 6.54 Å². The predicted molar refractivity (Wildman–Crippen MR) is 59.1 cm³/mol. The van der Waals surface area contributed by atoms with Gasteiger partial charge in [-0.2, -0.15) is 4.98 Å². The molecule has 1 N–H and O–H groups in total. The molecule has 1 aliphatic rings. The number of hydrogen-bond acceptors (Lipinski definition) is 3. The molecule has 0 saturated heterocycles. The van der Waals surface area contributed by atoms with E-state index in [0.29, 0.717) is 0 Å². The van der Waals surface area contributed by atoms with Gasteiger partial charge < -0.3 is 5.32 Å². The largest absolute Gasteiger partial charge is 0.371 e. The van der Waals surface area contributed by atoms with Crippen molar-refractivity contribution in [1.82, 2.24) is 9.55 Å². The van der Waals surface area contributed by atoms with Gasteiger partial charge in [-0.3, -0.25) is 4.57 Å². The number of nitrogens with zero attached hydrogens (tertiary/aromatic N) is 2. The minimum atomic E-state index is -0.157. The maximum absolute atomic E-state index is 11.7. The normalized spacial score (nSPS) is 14.7. The van der Waals surface area contributed by atoms with Gasteiger partial charge in [-0.05, 0) is 18.6 Å². The van der Waals surface area contributed by atoms with Crippen molar-refractivity contribution in [2.75, 3.05) is 11.9 Å². The van der Waals surface area contributed by atoms with Crippen LogP contribution in [0.5, 0.6) is 0 Å². The van der Waals surface area contributed by atoms with Crippen molar-refractivity contribution in [2.45, 2.75) is 13.0 Å². The van der Waals surface area contributed by atoms with E-state index in [1.54, 1.807) is 4.57 Å². The summed E-state index contributed by atoms with van der Waals surface area (Å²) in [5.41, 5.74) is 0.610. The Balaban J connectivity index is 2.44. The van der Waals surface area contributed by atoms with Crippen molar-refractivity contribution in [3.05, 3.63) is 34.7 Å². The van der Waals surface area contributed by atoms with Crippen LogP contribution in [-0.4, -0.2) is 16.1 Å². The van der Waals surface area contributed by atoms with Crippen molar-refractivity contribution in [1.29, 1.82) is 0 Å². The molecule has 4 nitrogen and oxygen atoms in total. The summed E-state index contributed by atoms with van der Waals surface area (Å²) >= 11 is 0. The molecule has 0 radical (unpaired) electrons. The Labute approximate surface area is 86.6 Å². The monoisotopic (exact) mass is 201 g/mol. The molecule has 2 aromatic rings. The summed E-state index contributed by atoms with van der Waals surface area (Å²) in [5.74, 6) is 0.914. The summed E-state index contributed by atoms with van der Waals surface area (Å²) in [4.78, 5) is 15.7. The first kappa shape index (κ1) is 8.47. The summed E-state index contributed by atoms with van der Waals surface area (Å²) < 4.78 is 1.71. The topological polar surface area (TPSA) is 46.9 Å². The van der Waals surface area contributed by atoms with E-state index in [4.69, 9.17) is 0 Å². The van der Waals surface area contributed by atoms with Crippen molar-refractivity contribution in [3.8, 4) is 0 Å². The first-order valence-corrected chi connectivity index (χ1v) is 5.10. The fourth-order valence-electron chi connectivity index (χ4n) is 2.02. The molecule has 4 heteroatoms. The van der Waals surface area contributed by atoms with Crippen LogP contribution in [0, 0.1) is 0 Å². The van der Waals surface area contributed by atoms with Gasteiger partial charge in [0.05, 0.1) is 5.52 Å². The van der Waals surface area contributed by atoms with E-state index >= 15 is 0 Å². The van der Waals surface area contributed by atoms with Crippen molar-refractivity contribution in [3.63, 3.8) is 0 Å². The zero-order valence-corrected chi connectivity index (χ0v) is 8.23. The summed E-state index contributed by atoms with van der Waals surface area (Å²) in [6, 6.07) is 7.72. The van der Waals surface area contributed by atoms with E-state index in [1.807, 2.05) is 24.3 Å². The molecule has 3 rings (SSSR count). The molecule has 0 atom stereocenters. The van der Waals surface area contributed by atoms with E-state index in [-0.39, 0.29) is 5.69 Å². The highest BCUT2D eigenvalue weighted by Crippen LogP contribution is 2.21. The molecule has 0 amide bonds. The lowest BCUT2D eigenvalue weighted by Gasteiger charge is -2.20. The van der Waals surface area contributed by atoms with Gasteiger partial charge in [-0.25, -0.2) is 4.79 Å². The predicted octanol–water partition coefficient (Wildman–Crippen LogP) is 1.21.